The van der Waals surface area contributed by atoms with Gasteiger partial charge in [0.15, 0.2) is 0 Å². The van der Waals surface area contributed by atoms with E-state index in [9.17, 15) is 0 Å². The van der Waals surface area contributed by atoms with Crippen molar-refractivity contribution in [1.29, 1.82) is 5.41 Å². The van der Waals surface area contributed by atoms with Gasteiger partial charge in [0.2, 0.25) is 0 Å². The fourth-order valence-electron chi connectivity index (χ4n) is 5.10. The maximum atomic E-state index is 8.54. The number of amidine groups is 1. The number of hydrogen-bond donors (Lipinski definition) is 3. The van der Waals surface area contributed by atoms with Crippen molar-refractivity contribution in [2.24, 2.45) is 28.3 Å². The highest BCUT2D eigenvalue weighted by Gasteiger charge is 2.33. The predicted octanol–water partition coefficient (Wildman–Crippen LogP) is 2.25. The molecule has 0 spiro atoms. The molecule has 0 radical (unpaired) electrons. The zero-order valence-electron chi connectivity index (χ0n) is 20.0. The van der Waals surface area contributed by atoms with Gasteiger partial charge in [0.25, 0.3) is 0 Å². The zero-order chi connectivity index (χ0) is 23.4. The van der Waals surface area contributed by atoms with Gasteiger partial charge in [0.1, 0.15) is 11.7 Å². The number of fused-ring (bicyclic) bond motifs is 1. The first-order chi connectivity index (χ1) is 15.9. The Morgan fingerprint density at radius 1 is 1.24 bits per heavy atom. The minimum atomic E-state index is 0.341. The van der Waals surface area contributed by atoms with Crippen molar-refractivity contribution in [1.82, 2.24) is 14.7 Å². The van der Waals surface area contributed by atoms with E-state index in [1.807, 2.05) is 24.1 Å². The number of nitrogens with two attached hydrogens (primary N) is 2. The number of piperidine rings is 1. The summed E-state index contributed by atoms with van der Waals surface area (Å²) in [5, 5.41) is 8.54. The molecule has 8 heteroatoms. The summed E-state index contributed by atoms with van der Waals surface area (Å²) in [5.74, 6) is 4.40. The number of rotatable bonds is 5. The maximum absolute atomic E-state index is 8.54. The van der Waals surface area contributed by atoms with Gasteiger partial charge in [-0.05, 0) is 44.1 Å². The summed E-state index contributed by atoms with van der Waals surface area (Å²) in [6.45, 7) is 6.82. The molecule has 0 bridgehead atoms. The number of allylic oxidation sites excluding steroid dienone is 4. The van der Waals surface area contributed by atoms with E-state index >= 15 is 0 Å². The second-order valence-electron chi connectivity index (χ2n) is 9.71. The number of piperazine rings is 1. The van der Waals surface area contributed by atoms with Crippen LogP contribution < -0.4 is 11.5 Å². The Kier molecular flexibility index (Phi) is 7.86. The molecule has 3 saturated heterocycles. The molecule has 3 aliphatic heterocycles. The van der Waals surface area contributed by atoms with Crippen LogP contribution in [0.2, 0.25) is 0 Å². The number of hydrogen-bond acceptors (Lipinski definition) is 7. The molecule has 1 aliphatic carbocycles. The molecule has 5 N–H and O–H groups in total. The second kappa shape index (κ2) is 10.8. The van der Waals surface area contributed by atoms with E-state index in [-0.39, 0.29) is 0 Å². The van der Waals surface area contributed by atoms with Crippen LogP contribution in [0.3, 0.4) is 0 Å². The van der Waals surface area contributed by atoms with Gasteiger partial charge >= 0.3 is 0 Å². The van der Waals surface area contributed by atoms with E-state index in [2.05, 4.69) is 46.9 Å². The number of nitrogens with zero attached hydrogens (tertiary/aromatic N) is 4. The molecule has 7 nitrogen and oxygen atoms in total. The fraction of sp³-hybridized carbons (Fsp3) is 0.600. The highest BCUT2D eigenvalue weighted by molar-refractivity contribution is 7.99. The molecule has 4 atom stereocenters. The van der Waals surface area contributed by atoms with Crippen LogP contribution in [0.25, 0.3) is 0 Å². The van der Waals surface area contributed by atoms with Crippen LogP contribution in [0.15, 0.2) is 52.5 Å². The smallest absolute Gasteiger partial charge is 0.124 e. The van der Waals surface area contributed by atoms with Crippen LogP contribution in [-0.4, -0.2) is 90.1 Å². The van der Waals surface area contributed by atoms with Gasteiger partial charge in [0.05, 0.1) is 6.04 Å². The Morgan fingerprint density at radius 3 is 2.73 bits per heavy atom. The molecule has 0 aromatic heterocycles. The van der Waals surface area contributed by atoms with E-state index in [0.29, 0.717) is 35.6 Å². The van der Waals surface area contributed by atoms with Gasteiger partial charge < -0.3 is 26.2 Å². The van der Waals surface area contributed by atoms with Gasteiger partial charge in [-0.15, -0.1) is 0 Å². The molecular weight excluding hydrogens is 430 g/mol. The van der Waals surface area contributed by atoms with Crippen LogP contribution in [0.1, 0.15) is 19.8 Å². The van der Waals surface area contributed by atoms with Gasteiger partial charge in [-0.3, -0.25) is 10.4 Å². The van der Waals surface area contributed by atoms with Crippen molar-refractivity contribution in [3.8, 4) is 0 Å². The summed E-state index contributed by atoms with van der Waals surface area (Å²) >= 11 is 1.97. The Balaban J connectivity index is 1.43. The number of nitrogens with one attached hydrogen (secondary N) is 1. The molecule has 4 unspecified atom stereocenters. The van der Waals surface area contributed by atoms with Crippen molar-refractivity contribution < 1.29 is 0 Å². The van der Waals surface area contributed by atoms with Crippen molar-refractivity contribution in [3.63, 3.8) is 0 Å². The lowest BCUT2D eigenvalue weighted by atomic mass is 9.77. The van der Waals surface area contributed by atoms with Gasteiger partial charge in [-0.1, -0.05) is 18.2 Å². The van der Waals surface area contributed by atoms with Gasteiger partial charge in [0, 0.05) is 74.5 Å². The van der Waals surface area contributed by atoms with E-state index in [1.54, 1.807) is 6.20 Å². The van der Waals surface area contributed by atoms with Crippen LogP contribution in [0, 0.1) is 17.2 Å². The first-order valence-corrected chi connectivity index (χ1v) is 13.3. The minimum absolute atomic E-state index is 0.341. The van der Waals surface area contributed by atoms with Crippen LogP contribution in [0.5, 0.6) is 0 Å². The Bertz CT molecular complexity index is 860. The third-order valence-electron chi connectivity index (χ3n) is 7.32. The molecule has 180 valence electrons. The molecule has 4 aliphatic rings. The number of aliphatic imine (C=N–C) groups is 1. The van der Waals surface area contributed by atoms with Crippen molar-refractivity contribution in [2.45, 2.75) is 31.8 Å². The molecule has 0 amide bonds. The standard InChI is InChI=1S/C25H39N7S/c1-18-11-19-3-4-20(22(14-26)15-29-23-5-10-33-17-23)12-21(19)16-32(18)25(28)13-24(27)31-8-6-30(2)7-9-31/h3-4,12-15,18-19,21,23,27H,5-11,16-17,26,28H2,1-2H3/b22-14?,25-13+,27-24?,29-15?. The zero-order valence-corrected chi connectivity index (χ0v) is 20.8. The molecule has 0 saturated carbocycles. The third-order valence-corrected chi connectivity index (χ3v) is 8.47. The summed E-state index contributed by atoms with van der Waals surface area (Å²) in [6.07, 6.45) is 14.6. The first kappa shape index (κ1) is 24.0. The van der Waals surface area contributed by atoms with Crippen LogP contribution in [-0.2, 0) is 0 Å². The van der Waals surface area contributed by atoms with Gasteiger partial charge in [-0.2, -0.15) is 11.8 Å². The van der Waals surface area contributed by atoms with Crippen molar-refractivity contribution in [3.05, 3.63) is 47.5 Å². The average Bonchev–Trinajstić information content (AvgIpc) is 3.33. The molecule has 3 fully saturated rings. The number of likely N-dealkylation sites (tertiary alicyclic amines) is 1. The van der Waals surface area contributed by atoms with E-state index < -0.39 is 0 Å². The summed E-state index contributed by atoms with van der Waals surface area (Å²) in [4.78, 5) is 11.5. The molecular formula is C25H39N7S. The molecule has 4 rings (SSSR count). The van der Waals surface area contributed by atoms with E-state index in [1.165, 1.54) is 5.75 Å². The first-order valence-electron chi connectivity index (χ1n) is 12.1. The van der Waals surface area contributed by atoms with Crippen molar-refractivity contribution in [2.75, 3.05) is 51.3 Å². The summed E-state index contributed by atoms with van der Waals surface area (Å²) in [7, 11) is 2.13. The van der Waals surface area contributed by atoms with E-state index in [0.717, 1.165) is 62.5 Å². The summed E-state index contributed by atoms with van der Waals surface area (Å²) in [5.41, 5.74) is 14.7. The molecule has 33 heavy (non-hydrogen) atoms. The predicted molar refractivity (Wildman–Crippen MR) is 141 cm³/mol. The summed E-state index contributed by atoms with van der Waals surface area (Å²) in [6, 6.07) is 0.755. The lowest BCUT2D eigenvalue weighted by Gasteiger charge is -2.44. The van der Waals surface area contributed by atoms with Crippen LogP contribution in [0.4, 0.5) is 0 Å². The van der Waals surface area contributed by atoms with Gasteiger partial charge in [-0.25, -0.2) is 0 Å². The Morgan fingerprint density at radius 2 is 2.03 bits per heavy atom. The monoisotopic (exact) mass is 469 g/mol. The van der Waals surface area contributed by atoms with Crippen molar-refractivity contribution >= 4 is 23.8 Å². The average molecular weight is 470 g/mol. The molecule has 0 aromatic carbocycles. The molecule has 3 heterocycles. The normalized spacial score (nSPS) is 31.8. The lowest BCUT2D eigenvalue weighted by Crippen LogP contribution is -2.48. The SMILES string of the molecule is CC1CC2C=CC(C(C=NC3CCSC3)=CN)=CC2CN1/C(N)=C/C(=N)N1CCN(C)CC1. The maximum Gasteiger partial charge on any atom is 0.124 e. The van der Waals surface area contributed by atoms with E-state index in [4.69, 9.17) is 21.9 Å². The quantitative estimate of drug-likeness (QED) is 0.422. The lowest BCUT2D eigenvalue weighted by molar-refractivity contribution is 0.142. The fourth-order valence-corrected chi connectivity index (χ4v) is 6.23. The highest BCUT2D eigenvalue weighted by atomic mass is 32.2. The highest BCUT2D eigenvalue weighted by Crippen LogP contribution is 2.36. The minimum Gasteiger partial charge on any atom is -0.404 e. The largest absolute Gasteiger partial charge is 0.404 e. The molecule has 0 aromatic rings. The van der Waals surface area contributed by atoms with Crippen LogP contribution >= 0.6 is 11.8 Å². The second-order valence-corrected chi connectivity index (χ2v) is 10.9. The summed E-state index contributed by atoms with van der Waals surface area (Å²) < 4.78 is 0. The topological polar surface area (TPSA) is 98.0 Å². The Hall–Kier alpha value is -2.19. The third kappa shape index (κ3) is 5.84. The Labute approximate surface area is 202 Å². The number of thioether (sulfide) groups is 1. The number of likely N-dealkylation sites (N-methyl/N-ethyl adjacent to an activating group) is 1.